The van der Waals surface area contributed by atoms with E-state index >= 15 is 0 Å². The smallest absolute Gasteiger partial charge is 0.143 e. The second kappa shape index (κ2) is 33.3. The van der Waals surface area contributed by atoms with Gasteiger partial charge >= 0.3 is 0 Å². The number of ketones is 2. The molecule has 0 amide bonds. The first-order valence-corrected chi connectivity index (χ1v) is 18.5. The Hall–Kier alpha value is -1.18. The van der Waals surface area contributed by atoms with Gasteiger partial charge in [-0.3, -0.25) is 9.59 Å². The lowest BCUT2D eigenvalue weighted by Gasteiger charge is -2.12. The SMILES string of the molecule is CCCCCCCC/C=C\CCCCCCCC(=O)C(CC)C(=O)CCCCCCC/C=C\CCCCCCCC. The second-order valence-corrected chi connectivity index (χ2v) is 12.6. The number of unbranched alkanes of at least 4 members (excludes halogenated alkanes) is 22. The van der Waals surface area contributed by atoms with E-state index in [1.807, 2.05) is 6.92 Å². The van der Waals surface area contributed by atoms with E-state index in [1.54, 1.807) is 0 Å². The molecule has 0 saturated heterocycles. The maximum absolute atomic E-state index is 12.7. The third-order valence-corrected chi connectivity index (χ3v) is 8.56. The summed E-state index contributed by atoms with van der Waals surface area (Å²) < 4.78 is 0. The molecule has 0 bridgehead atoms. The van der Waals surface area contributed by atoms with Crippen LogP contribution in [0, 0.1) is 5.92 Å². The Bertz CT molecular complexity index is 565. The van der Waals surface area contributed by atoms with Gasteiger partial charge in [0.25, 0.3) is 0 Å². The van der Waals surface area contributed by atoms with Gasteiger partial charge in [-0.15, -0.1) is 0 Å². The first-order chi connectivity index (χ1) is 20.2. The van der Waals surface area contributed by atoms with Gasteiger partial charge in [-0.2, -0.15) is 0 Å². The molecule has 0 fully saturated rings. The molecule has 0 atom stereocenters. The van der Waals surface area contributed by atoms with Crippen molar-refractivity contribution in [2.45, 2.75) is 207 Å². The summed E-state index contributed by atoms with van der Waals surface area (Å²) in [6.07, 6.45) is 44.2. The molecule has 0 unspecified atom stereocenters. The number of hydrogen-bond acceptors (Lipinski definition) is 2. The molecular formula is C39H72O2. The van der Waals surface area contributed by atoms with Crippen molar-refractivity contribution in [1.29, 1.82) is 0 Å². The summed E-state index contributed by atoms with van der Waals surface area (Å²) in [5.74, 6) is 0.0503. The highest BCUT2D eigenvalue weighted by molar-refractivity contribution is 6.02. The molecule has 0 aromatic heterocycles. The van der Waals surface area contributed by atoms with E-state index in [4.69, 9.17) is 0 Å². The highest BCUT2D eigenvalue weighted by atomic mass is 16.1. The summed E-state index contributed by atoms with van der Waals surface area (Å²) in [4.78, 5) is 25.3. The Balaban J connectivity index is 3.63. The minimum atomic E-state index is -0.344. The summed E-state index contributed by atoms with van der Waals surface area (Å²) in [5.41, 5.74) is 0. The van der Waals surface area contributed by atoms with Gasteiger partial charge < -0.3 is 0 Å². The van der Waals surface area contributed by atoms with Crippen LogP contribution in [0.5, 0.6) is 0 Å². The topological polar surface area (TPSA) is 34.1 Å². The predicted octanol–water partition coefficient (Wildman–Crippen LogP) is 13.2. The van der Waals surface area contributed by atoms with Crippen LogP contribution in [0.2, 0.25) is 0 Å². The Kier molecular flexibility index (Phi) is 32.4. The van der Waals surface area contributed by atoms with E-state index < -0.39 is 0 Å². The van der Waals surface area contributed by atoms with Crippen molar-refractivity contribution in [2.24, 2.45) is 5.92 Å². The van der Waals surface area contributed by atoms with Crippen molar-refractivity contribution in [1.82, 2.24) is 0 Å². The Labute approximate surface area is 258 Å². The molecule has 0 aliphatic rings. The van der Waals surface area contributed by atoms with Gasteiger partial charge in [0.15, 0.2) is 0 Å². The van der Waals surface area contributed by atoms with Gasteiger partial charge in [0.1, 0.15) is 11.6 Å². The summed E-state index contributed by atoms with van der Waals surface area (Å²) in [6, 6.07) is 0. The Morgan fingerprint density at radius 1 is 0.390 bits per heavy atom. The highest BCUT2D eigenvalue weighted by Crippen LogP contribution is 2.17. The summed E-state index contributed by atoms with van der Waals surface area (Å²) in [5, 5.41) is 0. The average Bonchev–Trinajstić information content (AvgIpc) is 2.97. The lowest BCUT2D eigenvalue weighted by Crippen LogP contribution is -2.23. The number of carbonyl (C=O) groups excluding carboxylic acids is 2. The van der Waals surface area contributed by atoms with Crippen LogP contribution in [0.1, 0.15) is 207 Å². The quantitative estimate of drug-likeness (QED) is 0.0445. The monoisotopic (exact) mass is 573 g/mol. The molecule has 0 N–H and O–H groups in total. The van der Waals surface area contributed by atoms with Crippen LogP contribution in [0.3, 0.4) is 0 Å². The van der Waals surface area contributed by atoms with Crippen LogP contribution in [-0.4, -0.2) is 11.6 Å². The third-order valence-electron chi connectivity index (χ3n) is 8.56. The molecule has 0 saturated carbocycles. The Morgan fingerprint density at radius 3 is 0.951 bits per heavy atom. The van der Waals surface area contributed by atoms with Gasteiger partial charge in [-0.05, 0) is 70.6 Å². The number of rotatable bonds is 33. The zero-order chi connectivity index (χ0) is 30.1. The molecule has 2 nitrogen and oxygen atoms in total. The van der Waals surface area contributed by atoms with Crippen LogP contribution >= 0.6 is 0 Å². The average molecular weight is 573 g/mol. The molecule has 240 valence electrons. The van der Waals surface area contributed by atoms with Crippen LogP contribution < -0.4 is 0 Å². The van der Waals surface area contributed by atoms with E-state index in [0.717, 1.165) is 25.7 Å². The van der Waals surface area contributed by atoms with Gasteiger partial charge in [-0.25, -0.2) is 0 Å². The third kappa shape index (κ3) is 28.7. The fourth-order valence-corrected chi connectivity index (χ4v) is 5.72. The molecule has 0 radical (unpaired) electrons. The van der Waals surface area contributed by atoms with Gasteiger partial charge in [0, 0.05) is 12.8 Å². The van der Waals surface area contributed by atoms with Crippen LogP contribution in [0.25, 0.3) is 0 Å². The zero-order valence-corrected chi connectivity index (χ0v) is 28.2. The van der Waals surface area contributed by atoms with Gasteiger partial charge in [-0.1, -0.05) is 148 Å². The maximum atomic E-state index is 12.7. The van der Waals surface area contributed by atoms with Crippen LogP contribution in [0.15, 0.2) is 24.3 Å². The molecule has 0 spiro atoms. The minimum Gasteiger partial charge on any atom is -0.299 e. The molecule has 0 rings (SSSR count). The van der Waals surface area contributed by atoms with Crippen molar-refractivity contribution in [2.75, 3.05) is 0 Å². The van der Waals surface area contributed by atoms with Crippen molar-refractivity contribution in [3.63, 3.8) is 0 Å². The van der Waals surface area contributed by atoms with Crippen LogP contribution in [0.4, 0.5) is 0 Å². The van der Waals surface area contributed by atoms with Crippen molar-refractivity contribution in [3.8, 4) is 0 Å². The summed E-state index contributed by atoms with van der Waals surface area (Å²) in [7, 11) is 0. The van der Waals surface area contributed by atoms with Gasteiger partial charge in [0.05, 0.1) is 5.92 Å². The summed E-state index contributed by atoms with van der Waals surface area (Å²) >= 11 is 0. The fraction of sp³-hybridized carbons (Fsp3) is 0.846. The lowest BCUT2D eigenvalue weighted by atomic mass is 9.89. The minimum absolute atomic E-state index is 0.197. The normalized spacial score (nSPS) is 11.9. The molecule has 41 heavy (non-hydrogen) atoms. The summed E-state index contributed by atoms with van der Waals surface area (Å²) in [6.45, 7) is 6.54. The van der Waals surface area contributed by atoms with E-state index in [1.165, 1.54) is 141 Å². The van der Waals surface area contributed by atoms with Gasteiger partial charge in [0.2, 0.25) is 0 Å². The first kappa shape index (κ1) is 39.8. The number of Topliss-reactive ketones (excluding diaryl/α,β-unsaturated/α-hetero) is 2. The predicted molar refractivity (Wildman–Crippen MR) is 183 cm³/mol. The second-order valence-electron chi connectivity index (χ2n) is 12.6. The molecule has 2 heteroatoms. The largest absolute Gasteiger partial charge is 0.299 e. The van der Waals surface area contributed by atoms with Crippen molar-refractivity contribution >= 4 is 11.6 Å². The number of allylic oxidation sites excluding steroid dienone is 4. The Morgan fingerprint density at radius 2 is 0.659 bits per heavy atom. The van der Waals surface area contributed by atoms with Crippen molar-refractivity contribution < 1.29 is 9.59 Å². The highest BCUT2D eigenvalue weighted by Gasteiger charge is 2.23. The first-order valence-electron chi connectivity index (χ1n) is 18.5. The molecule has 0 aliphatic heterocycles. The zero-order valence-electron chi connectivity index (χ0n) is 28.2. The molecule has 0 heterocycles. The molecule has 0 aliphatic carbocycles. The maximum Gasteiger partial charge on any atom is 0.143 e. The van der Waals surface area contributed by atoms with E-state index in [9.17, 15) is 9.59 Å². The van der Waals surface area contributed by atoms with Crippen LogP contribution in [-0.2, 0) is 9.59 Å². The molecule has 0 aromatic rings. The van der Waals surface area contributed by atoms with E-state index in [-0.39, 0.29) is 17.5 Å². The standard InChI is InChI=1S/C39H72O2/c1-4-7-9-11-13-15-17-19-21-23-25-27-29-31-33-35-38(40)37(6-3)39(41)36-34-32-30-28-26-24-22-20-18-16-14-12-10-8-5-2/h19-22,37H,4-18,23-36H2,1-3H3/b21-19-,22-20-. The molecular weight excluding hydrogens is 500 g/mol. The van der Waals surface area contributed by atoms with Crippen molar-refractivity contribution in [3.05, 3.63) is 24.3 Å². The lowest BCUT2D eigenvalue weighted by molar-refractivity contribution is -0.133. The molecule has 0 aromatic carbocycles. The van der Waals surface area contributed by atoms with E-state index in [0.29, 0.717) is 19.3 Å². The fourth-order valence-electron chi connectivity index (χ4n) is 5.72. The number of carbonyl (C=O) groups is 2. The van der Waals surface area contributed by atoms with E-state index in [2.05, 4.69) is 38.2 Å². The number of hydrogen-bond donors (Lipinski definition) is 0.